The number of carboxylic acid groups (broad SMARTS) is 1. The van der Waals surface area contributed by atoms with Crippen LogP contribution in [-0.2, 0) is 46.6 Å². The average Bonchev–Trinajstić information content (AvgIpc) is 3.02. The molecule has 11 heteroatoms. The summed E-state index contributed by atoms with van der Waals surface area (Å²) in [5.74, 6) is -1.76. The molecule has 1 aromatic heterocycles. The Morgan fingerprint density at radius 2 is 1.39 bits per heavy atom. The molecule has 1 heterocycles. The third-order valence-electron chi connectivity index (χ3n) is 7.15. The van der Waals surface area contributed by atoms with Gasteiger partial charge in [-0.3, -0.25) is 19.4 Å². The van der Waals surface area contributed by atoms with Gasteiger partial charge in [0.05, 0.1) is 29.5 Å². The summed E-state index contributed by atoms with van der Waals surface area (Å²) >= 11 is 0. The number of aliphatic carboxylic acids is 1. The molecule has 0 saturated carbocycles. The van der Waals surface area contributed by atoms with E-state index >= 15 is 0 Å². The molecule has 0 atom stereocenters. The number of halogens is 3. The van der Waals surface area contributed by atoms with Crippen LogP contribution in [0.4, 0.5) is 13.2 Å². The molecule has 46 heavy (non-hydrogen) atoms. The molecule has 0 unspecified atom stereocenters. The second kappa shape index (κ2) is 13.5. The van der Waals surface area contributed by atoms with Gasteiger partial charge in [0, 0.05) is 17.1 Å². The van der Waals surface area contributed by atoms with Gasteiger partial charge in [0.2, 0.25) is 0 Å². The van der Waals surface area contributed by atoms with Crippen LogP contribution in [0.5, 0.6) is 5.75 Å². The minimum Gasteiger partial charge on any atom is -0.489 e. The lowest BCUT2D eigenvalue weighted by Crippen LogP contribution is -2.14. The second-order valence-electron chi connectivity index (χ2n) is 10.5. The highest BCUT2D eigenvalue weighted by atomic mass is 19.4. The van der Waals surface area contributed by atoms with Crippen molar-refractivity contribution in [2.24, 2.45) is 5.73 Å². The third kappa shape index (κ3) is 7.68. The van der Waals surface area contributed by atoms with Crippen LogP contribution < -0.4 is 10.5 Å². The summed E-state index contributed by atoms with van der Waals surface area (Å²) in [6, 6.07) is 24.2. The van der Waals surface area contributed by atoms with E-state index in [0.717, 1.165) is 29.0 Å². The Labute approximate surface area is 261 Å². The standard InChI is InChI=1S/C35H27F3N2O6/c36-35(37,38)29-6-2-5-27-32(28(34(39)44)18-40-33(27)29)25-3-1-4-26(17-25)45-19-23-13-9-22(10-14-23)16-31(43)46-20-24-11-7-21(8-12-24)15-30(41)42/h1-14,17-18H,15-16,19-20H2,(H2,39,44)(H,41,42). The van der Waals surface area contributed by atoms with Crippen molar-refractivity contribution in [1.29, 1.82) is 0 Å². The molecule has 0 bridgehead atoms. The Balaban J connectivity index is 1.24. The van der Waals surface area contributed by atoms with Crippen molar-refractivity contribution >= 4 is 28.7 Å². The number of carbonyl (C=O) groups is 3. The van der Waals surface area contributed by atoms with Crippen LogP contribution in [0.25, 0.3) is 22.0 Å². The zero-order chi connectivity index (χ0) is 32.8. The SMILES string of the molecule is NC(=O)c1cnc2c(C(F)(F)F)cccc2c1-c1cccc(OCc2ccc(CC(=O)OCc3ccc(CC(=O)O)cc3)cc2)c1. The first-order valence-electron chi connectivity index (χ1n) is 14.0. The monoisotopic (exact) mass is 628 g/mol. The molecule has 3 N–H and O–H groups in total. The highest BCUT2D eigenvalue weighted by molar-refractivity contribution is 6.08. The minimum absolute atomic E-state index is 0.0215. The molecule has 1 amide bonds. The van der Waals surface area contributed by atoms with Gasteiger partial charge in [-0.05, 0) is 46.0 Å². The first-order valence-corrected chi connectivity index (χ1v) is 14.0. The number of hydrogen-bond acceptors (Lipinski definition) is 6. The number of rotatable bonds is 11. The molecule has 0 spiro atoms. The van der Waals surface area contributed by atoms with E-state index in [1.54, 1.807) is 72.8 Å². The van der Waals surface area contributed by atoms with Crippen molar-refractivity contribution in [2.75, 3.05) is 0 Å². The molecule has 4 aromatic carbocycles. The van der Waals surface area contributed by atoms with Crippen LogP contribution in [0, 0.1) is 0 Å². The number of primary amides is 1. The number of pyridine rings is 1. The van der Waals surface area contributed by atoms with Crippen LogP contribution in [0.1, 0.15) is 38.2 Å². The first kappa shape index (κ1) is 31.7. The van der Waals surface area contributed by atoms with Gasteiger partial charge in [-0.2, -0.15) is 13.2 Å². The summed E-state index contributed by atoms with van der Waals surface area (Å²) in [5, 5.41) is 8.99. The van der Waals surface area contributed by atoms with Gasteiger partial charge >= 0.3 is 18.1 Å². The number of para-hydroxylation sites is 1. The van der Waals surface area contributed by atoms with Crippen LogP contribution >= 0.6 is 0 Å². The summed E-state index contributed by atoms with van der Waals surface area (Å²) in [5.41, 5.74) is 7.91. The number of esters is 1. The average molecular weight is 629 g/mol. The highest BCUT2D eigenvalue weighted by Gasteiger charge is 2.34. The maximum atomic E-state index is 13.7. The molecule has 5 aromatic rings. The van der Waals surface area contributed by atoms with E-state index in [-0.39, 0.29) is 48.1 Å². The Morgan fingerprint density at radius 1 is 0.783 bits per heavy atom. The number of alkyl halides is 3. The maximum absolute atomic E-state index is 13.7. The van der Waals surface area contributed by atoms with Crippen molar-refractivity contribution < 1.29 is 42.1 Å². The molecule has 0 radical (unpaired) electrons. The number of amides is 1. The van der Waals surface area contributed by atoms with Gasteiger partial charge in [-0.1, -0.05) is 72.8 Å². The second-order valence-corrected chi connectivity index (χ2v) is 10.5. The predicted octanol–water partition coefficient (Wildman–Crippen LogP) is 6.51. The minimum atomic E-state index is -4.64. The number of ether oxygens (including phenoxy) is 2. The van der Waals surface area contributed by atoms with E-state index in [0.29, 0.717) is 16.9 Å². The molecule has 0 aliphatic rings. The molecule has 0 aliphatic heterocycles. The Hall–Kier alpha value is -5.71. The zero-order valence-corrected chi connectivity index (χ0v) is 24.2. The number of carboxylic acids is 1. The van der Waals surface area contributed by atoms with Crippen LogP contribution in [-0.4, -0.2) is 27.9 Å². The number of nitrogens with two attached hydrogens (primary N) is 1. The number of nitrogens with zero attached hydrogens (tertiary/aromatic N) is 1. The van der Waals surface area contributed by atoms with E-state index in [1.165, 1.54) is 12.1 Å². The Bertz CT molecular complexity index is 1910. The molecule has 0 aliphatic carbocycles. The number of benzene rings is 4. The van der Waals surface area contributed by atoms with E-state index in [9.17, 15) is 27.6 Å². The number of aromatic nitrogens is 1. The zero-order valence-electron chi connectivity index (χ0n) is 24.2. The first-order chi connectivity index (χ1) is 22.0. The lowest BCUT2D eigenvalue weighted by molar-refractivity contribution is -0.144. The fourth-order valence-electron chi connectivity index (χ4n) is 4.92. The largest absolute Gasteiger partial charge is 0.489 e. The fraction of sp³-hybridized carbons (Fsp3) is 0.143. The number of carbonyl (C=O) groups excluding carboxylic acids is 2. The maximum Gasteiger partial charge on any atom is 0.418 e. The summed E-state index contributed by atoms with van der Waals surface area (Å²) in [4.78, 5) is 39.3. The molecule has 0 saturated heterocycles. The van der Waals surface area contributed by atoms with Gasteiger partial charge in [-0.15, -0.1) is 0 Å². The normalized spacial score (nSPS) is 11.3. The smallest absolute Gasteiger partial charge is 0.418 e. The van der Waals surface area contributed by atoms with Crippen molar-refractivity contribution in [1.82, 2.24) is 4.98 Å². The summed E-state index contributed by atoms with van der Waals surface area (Å²) in [6.45, 7) is 0.223. The molecular formula is C35H27F3N2O6. The summed E-state index contributed by atoms with van der Waals surface area (Å²) in [7, 11) is 0. The fourth-order valence-corrected chi connectivity index (χ4v) is 4.92. The predicted molar refractivity (Wildman–Crippen MR) is 163 cm³/mol. The van der Waals surface area contributed by atoms with E-state index in [4.69, 9.17) is 20.3 Å². The molecule has 5 rings (SSSR count). The van der Waals surface area contributed by atoms with Crippen molar-refractivity contribution in [3.8, 4) is 16.9 Å². The Morgan fingerprint density at radius 3 is 2.02 bits per heavy atom. The van der Waals surface area contributed by atoms with Gasteiger partial charge in [-0.25, -0.2) is 0 Å². The van der Waals surface area contributed by atoms with Crippen LogP contribution in [0.3, 0.4) is 0 Å². The lowest BCUT2D eigenvalue weighted by Gasteiger charge is -2.15. The Kier molecular flexibility index (Phi) is 9.31. The van der Waals surface area contributed by atoms with Gasteiger partial charge in [0.1, 0.15) is 19.0 Å². The van der Waals surface area contributed by atoms with Crippen LogP contribution in [0.2, 0.25) is 0 Å². The molecule has 8 nitrogen and oxygen atoms in total. The summed E-state index contributed by atoms with van der Waals surface area (Å²) < 4.78 is 52.3. The third-order valence-corrected chi connectivity index (χ3v) is 7.15. The molecule has 234 valence electrons. The number of fused-ring (bicyclic) bond motifs is 1. The van der Waals surface area contributed by atoms with E-state index in [1.807, 2.05) is 0 Å². The van der Waals surface area contributed by atoms with Gasteiger partial charge in [0.15, 0.2) is 0 Å². The van der Waals surface area contributed by atoms with Crippen molar-refractivity contribution in [2.45, 2.75) is 32.2 Å². The van der Waals surface area contributed by atoms with Crippen molar-refractivity contribution in [3.05, 3.63) is 131 Å². The van der Waals surface area contributed by atoms with Gasteiger partial charge in [0.25, 0.3) is 5.91 Å². The van der Waals surface area contributed by atoms with E-state index in [2.05, 4.69) is 4.98 Å². The molecule has 0 fully saturated rings. The number of hydrogen-bond donors (Lipinski definition) is 2. The van der Waals surface area contributed by atoms with E-state index < -0.39 is 29.6 Å². The molecular weight excluding hydrogens is 601 g/mol. The topological polar surface area (TPSA) is 129 Å². The van der Waals surface area contributed by atoms with Gasteiger partial charge < -0.3 is 20.3 Å². The van der Waals surface area contributed by atoms with Crippen LogP contribution in [0.15, 0.2) is 97.2 Å². The quantitative estimate of drug-likeness (QED) is 0.160. The van der Waals surface area contributed by atoms with Crippen molar-refractivity contribution in [3.63, 3.8) is 0 Å². The highest BCUT2D eigenvalue weighted by Crippen LogP contribution is 2.39. The summed E-state index contributed by atoms with van der Waals surface area (Å²) in [6.07, 6.45) is -3.61. The lowest BCUT2D eigenvalue weighted by atomic mass is 9.94.